The lowest BCUT2D eigenvalue weighted by atomic mass is 9.86. The molecule has 2 bridgehead atoms. The van der Waals surface area contributed by atoms with E-state index < -0.39 is 0 Å². The summed E-state index contributed by atoms with van der Waals surface area (Å²) < 4.78 is 0. The molecule has 1 unspecified atom stereocenters. The third kappa shape index (κ3) is 1.10. The highest BCUT2D eigenvalue weighted by Crippen LogP contribution is 2.43. The van der Waals surface area contributed by atoms with Crippen LogP contribution in [0.15, 0.2) is 0 Å². The van der Waals surface area contributed by atoms with Gasteiger partial charge in [-0.05, 0) is 45.4 Å². The highest BCUT2D eigenvalue weighted by molar-refractivity contribution is 5.06. The lowest BCUT2D eigenvalue weighted by Crippen LogP contribution is -2.52. The largest absolute Gasteiger partial charge is 0.306 e. The van der Waals surface area contributed by atoms with E-state index in [4.69, 9.17) is 0 Å². The fourth-order valence-electron chi connectivity index (χ4n) is 2.91. The van der Waals surface area contributed by atoms with E-state index in [1.807, 2.05) is 0 Å². The first-order chi connectivity index (χ1) is 5.18. The Balaban J connectivity index is 2.17. The van der Waals surface area contributed by atoms with Gasteiger partial charge in [0.25, 0.3) is 0 Å². The van der Waals surface area contributed by atoms with Crippen molar-refractivity contribution in [2.45, 2.75) is 63.5 Å². The van der Waals surface area contributed by atoms with Crippen LogP contribution in [-0.4, -0.2) is 11.1 Å². The fourth-order valence-corrected chi connectivity index (χ4v) is 2.91. The summed E-state index contributed by atoms with van der Waals surface area (Å²) in [5.74, 6) is 0. The first-order valence-corrected chi connectivity index (χ1v) is 4.97. The lowest BCUT2D eigenvalue weighted by Gasteiger charge is -2.39. The molecule has 2 saturated heterocycles. The molecule has 0 spiro atoms. The monoisotopic (exact) mass is 153 g/mol. The molecule has 1 N–H and O–H groups in total. The van der Waals surface area contributed by atoms with Crippen molar-refractivity contribution in [3.63, 3.8) is 0 Å². The van der Waals surface area contributed by atoms with Crippen LogP contribution in [0.1, 0.15) is 52.4 Å². The van der Waals surface area contributed by atoms with E-state index in [9.17, 15) is 0 Å². The van der Waals surface area contributed by atoms with Crippen LogP contribution < -0.4 is 5.32 Å². The molecule has 0 aromatic heterocycles. The summed E-state index contributed by atoms with van der Waals surface area (Å²) in [7, 11) is 0. The van der Waals surface area contributed by atoms with Gasteiger partial charge in [0.1, 0.15) is 0 Å². The van der Waals surface area contributed by atoms with Crippen molar-refractivity contribution in [3.8, 4) is 0 Å². The zero-order valence-electron chi connectivity index (χ0n) is 7.74. The maximum atomic E-state index is 3.83. The Morgan fingerprint density at radius 1 is 1.18 bits per heavy atom. The van der Waals surface area contributed by atoms with Crippen LogP contribution in [-0.2, 0) is 0 Å². The molecule has 1 nitrogen and oxygen atoms in total. The third-order valence-electron chi connectivity index (χ3n) is 3.78. The molecule has 2 heterocycles. The van der Waals surface area contributed by atoms with E-state index in [0.29, 0.717) is 11.1 Å². The molecule has 0 aromatic carbocycles. The van der Waals surface area contributed by atoms with Crippen LogP contribution in [0.5, 0.6) is 0 Å². The molecule has 2 aliphatic heterocycles. The molecule has 64 valence electrons. The minimum Gasteiger partial charge on any atom is -0.306 e. The van der Waals surface area contributed by atoms with Crippen LogP contribution in [0.25, 0.3) is 0 Å². The summed E-state index contributed by atoms with van der Waals surface area (Å²) in [5, 5.41) is 3.83. The van der Waals surface area contributed by atoms with Gasteiger partial charge in [-0.15, -0.1) is 0 Å². The minimum atomic E-state index is 0.508. The van der Waals surface area contributed by atoms with E-state index in [-0.39, 0.29) is 0 Å². The molecule has 1 heteroatoms. The average Bonchev–Trinajstić information content (AvgIpc) is 2.24. The number of rotatable bonds is 1. The van der Waals surface area contributed by atoms with Crippen molar-refractivity contribution in [2.75, 3.05) is 0 Å². The first kappa shape index (κ1) is 7.60. The van der Waals surface area contributed by atoms with Gasteiger partial charge in [0.05, 0.1) is 0 Å². The quantitative estimate of drug-likeness (QED) is 0.610. The molecule has 2 aliphatic rings. The second-order valence-electron chi connectivity index (χ2n) is 4.67. The average molecular weight is 153 g/mol. The van der Waals surface area contributed by atoms with Crippen LogP contribution >= 0.6 is 0 Å². The van der Waals surface area contributed by atoms with Crippen LogP contribution in [0.2, 0.25) is 0 Å². The second kappa shape index (κ2) is 2.22. The van der Waals surface area contributed by atoms with E-state index >= 15 is 0 Å². The maximum absolute atomic E-state index is 3.83. The second-order valence-corrected chi connectivity index (χ2v) is 4.67. The van der Waals surface area contributed by atoms with Crippen molar-refractivity contribution < 1.29 is 0 Å². The fraction of sp³-hybridized carbons (Fsp3) is 1.00. The number of hydrogen-bond acceptors (Lipinski definition) is 1. The lowest BCUT2D eigenvalue weighted by molar-refractivity contribution is 0.213. The summed E-state index contributed by atoms with van der Waals surface area (Å²) in [5.41, 5.74) is 1.06. The van der Waals surface area contributed by atoms with E-state index in [2.05, 4.69) is 19.2 Å². The summed E-state index contributed by atoms with van der Waals surface area (Å²) in [6.45, 7) is 4.72. The Labute approximate surface area is 69.6 Å². The molecule has 0 amide bonds. The molecule has 0 radical (unpaired) electrons. The normalized spacial score (nSPS) is 49.6. The van der Waals surface area contributed by atoms with Crippen LogP contribution in [0.4, 0.5) is 0 Å². The topological polar surface area (TPSA) is 12.0 Å². The molecular formula is C10H19N. The van der Waals surface area contributed by atoms with E-state index in [0.717, 1.165) is 0 Å². The zero-order chi connectivity index (χ0) is 7.95. The molecule has 0 aromatic rings. The first-order valence-electron chi connectivity index (χ1n) is 4.97. The number of nitrogens with one attached hydrogen (secondary N) is 1. The van der Waals surface area contributed by atoms with Crippen molar-refractivity contribution in [2.24, 2.45) is 0 Å². The summed E-state index contributed by atoms with van der Waals surface area (Å²) in [6, 6.07) is 0. The smallest absolute Gasteiger partial charge is 0.0184 e. The van der Waals surface area contributed by atoms with Gasteiger partial charge in [0.2, 0.25) is 0 Å². The number of piperidine rings is 1. The predicted octanol–water partition coefficient (Wildman–Crippen LogP) is 2.46. The molecule has 2 rings (SSSR count). The predicted molar refractivity (Wildman–Crippen MR) is 47.6 cm³/mol. The zero-order valence-corrected chi connectivity index (χ0v) is 7.74. The van der Waals surface area contributed by atoms with Gasteiger partial charge in [0, 0.05) is 11.1 Å². The number of hydrogen-bond donors (Lipinski definition) is 1. The van der Waals surface area contributed by atoms with Crippen molar-refractivity contribution in [3.05, 3.63) is 0 Å². The Hall–Kier alpha value is -0.0400. The summed E-state index contributed by atoms with van der Waals surface area (Å²) in [6.07, 6.45) is 8.40. The van der Waals surface area contributed by atoms with Gasteiger partial charge in [-0.3, -0.25) is 0 Å². The van der Waals surface area contributed by atoms with Gasteiger partial charge < -0.3 is 5.32 Å². The van der Waals surface area contributed by atoms with Crippen molar-refractivity contribution >= 4 is 0 Å². The van der Waals surface area contributed by atoms with Crippen molar-refractivity contribution in [1.82, 2.24) is 5.32 Å². The van der Waals surface area contributed by atoms with Crippen molar-refractivity contribution in [1.29, 1.82) is 0 Å². The van der Waals surface area contributed by atoms with Crippen LogP contribution in [0.3, 0.4) is 0 Å². The van der Waals surface area contributed by atoms with E-state index in [1.165, 1.54) is 38.5 Å². The third-order valence-corrected chi connectivity index (χ3v) is 3.78. The summed E-state index contributed by atoms with van der Waals surface area (Å²) in [4.78, 5) is 0. The highest BCUT2D eigenvalue weighted by Gasteiger charge is 2.46. The molecule has 0 saturated carbocycles. The Kier molecular flexibility index (Phi) is 1.54. The van der Waals surface area contributed by atoms with Gasteiger partial charge >= 0.3 is 0 Å². The summed E-state index contributed by atoms with van der Waals surface area (Å²) >= 11 is 0. The molecule has 2 fully saturated rings. The molecular weight excluding hydrogens is 134 g/mol. The Morgan fingerprint density at radius 3 is 2.64 bits per heavy atom. The number of fused-ring (bicyclic) bond motifs is 2. The maximum Gasteiger partial charge on any atom is 0.0184 e. The van der Waals surface area contributed by atoms with Crippen LogP contribution in [0, 0.1) is 0 Å². The van der Waals surface area contributed by atoms with Gasteiger partial charge in [0.15, 0.2) is 0 Å². The molecule has 11 heavy (non-hydrogen) atoms. The minimum absolute atomic E-state index is 0.508. The van der Waals surface area contributed by atoms with Gasteiger partial charge in [-0.25, -0.2) is 0 Å². The van der Waals surface area contributed by atoms with Gasteiger partial charge in [-0.2, -0.15) is 0 Å². The SMILES string of the molecule is CCC12CCC[C@](C)(CC1)N2. The molecule has 0 aliphatic carbocycles. The standard InChI is InChI=1S/C10H19N/c1-3-10-6-4-5-9(2,11-10)7-8-10/h11H,3-8H2,1-2H3/t9-,10?/m1/s1. The Morgan fingerprint density at radius 2 is 2.00 bits per heavy atom. The molecule has 2 atom stereocenters. The Bertz CT molecular complexity index is 166. The highest BCUT2D eigenvalue weighted by atomic mass is 15.1. The van der Waals surface area contributed by atoms with E-state index in [1.54, 1.807) is 0 Å². The van der Waals surface area contributed by atoms with Gasteiger partial charge in [-0.1, -0.05) is 6.92 Å².